The van der Waals surface area contributed by atoms with Gasteiger partial charge < -0.3 is 10.2 Å². The molecule has 2 N–H and O–H groups in total. The Kier molecular flexibility index (Phi) is 2.42. The summed E-state index contributed by atoms with van der Waals surface area (Å²) in [5.74, 6) is 0.852. The van der Waals surface area contributed by atoms with E-state index < -0.39 is 0 Å². The minimum Gasteiger partial charge on any atom is -0.419 e. The van der Waals surface area contributed by atoms with Crippen molar-refractivity contribution in [3.63, 3.8) is 0 Å². The van der Waals surface area contributed by atoms with E-state index in [9.17, 15) is 0 Å². The summed E-state index contributed by atoms with van der Waals surface area (Å²) in [5.41, 5.74) is 7.75. The molecule has 0 saturated heterocycles. The third-order valence-corrected chi connectivity index (χ3v) is 1.97. The summed E-state index contributed by atoms with van der Waals surface area (Å²) < 4.78 is 5.34. The summed E-state index contributed by atoms with van der Waals surface area (Å²) in [7, 11) is 0. The molecule has 0 radical (unpaired) electrons. The van der Waals surface area contributed by atoms with E-state index in [-0.39, 0.29) is 6.54 Å². The maximum atomic E-state index is 5.38. The number of aromatic nitrogens is 4. The lowest BCUT2D eigenvalue weighted by atomic mass is 10.2. The molecule has 2 aromatic heterocycles. The number of nitrogens with two attached hydrogens (primary N) is 1. The molecule has 2 aromatic rings. The Labute approximate surface area is 86.5 Å². The SMILES string of the molecule is Cc1cc(-c2nnc(CN)o2)c(C)nn1. The molecule has 2 heterocycles. The summed E-state index contributed by atoms with van der Waals surface area (Å²) in [6, 6.07) is 1.86. The zero-order valence-corrected chi connectivity index (χ0v) is 8.56. The fraction of sp³-hybridized carbons (Fsp3) is 0.333. The van der Waals surface area contributed by atoms with Gasteiger partial charge in [-0.25, -0.2) is 0 Å². The molecule has 0 atom stereocenters. The standard InChI is InChI=1S/C9H11N5O/c1-5-3-7(6(2)12-11-5)9-14-13-8(4-10)15-9/h3H,4,10H2,1-2H3. The Morgan fingerprint density at radius 1 is 1.20 bits per heavy atom. The van der Waals surface area contributed by atoms with Crippen LogP contribution in [0.2, 0.25) is 0 Å². The van der Waals surface area contributed by atoms with E-state index in [2.05, 4.69) is 20.4 Å². The summed E-state index contributed by atoms with van der Waals surface area (Å²) in [4.78, 5) is 0. The highest BCUT2D eigenvalue weighted by Gasteiger charge is 2.11. The molecule has 0 aliphatic heterocycles. The predicted molar refractivity (Wildman–Crippen MR) is 52.7 cm³/mol. The van der Waals surface area contributed by atoms with Crippen LogP contribution in [0.25, 0.3) is 11.5 Å². The second-order valence-electron chi connectivity index (χ2n) is 3.19. The van der Waals surface area contributed by atoms with Crippen molar-refractivity contribution in [2.24, 2.45) is 5.73 Å². The number of rotatable bonds is 2. The maximum Gasteiger partial charge on any atom is 0.249 e. The van der Waals surface area contributed by atoms with Gasteiger partial charge in [0.2, 0.25) is 11.8 Å². The van der Waals surface area contributed by atoms with Crippen LogP contribution in [0.3, 0.4) is 0 Å². The Morgan fingerprint density at radius 2 is 2.00 bits per heavy atom. The highest BCUT2D eigenvalue weighted by atomic mass is 16.4. The van der Waals surface area contributed by atoms with Gasteiger partial charge in [-0.2, -0.15) is 10.2 Å². The van der Waals surface area contributed by atoms with Gasteiger partial charge >= 0.3 is 0 Å². The molecule has 6 heteroatoms. The van der Waals surface area contributed by atoms with E-state index in [0.717, 1.165) is 17.0 Å². The van der Waals surface area contributed by atoms with E-state index in [1.165, 1.54) is 0 Å². The average Bonchev–Trinajstić information content (AvgIpc) is 2.70. The van der Waals surface area contributed by atoms with E-state index in [0.29, 0.717) is 11.8 Å². The molecular weight excluding hydrogens is 194 g/mol. The first-order chi connectivity index (χ1) is 7.20. The van der Waals surface area contributed by atoms with Crippen molar-refractivity contribution in [1.82, 2.24) is 20.4 Å². The van der Waals surface area contributed by atoms with E-state index in [1.54, 1.807) is 0 Å². The smallest absolute Gasteiger partial charge is 0.249 e. The fourth-order valence-corrected chi connectivity index (χ4v) is 1.21. The second-order valence-corrected chi connectivity index (χ2v) is 3.19. The molecule has 0 fully saturated rings. The third-order valence-electron chi connectivity index (χ3n) is 1.97. The van der Waals surface area contributed by atoms with Crippen molar-refractivity contribution in [1.29, 1.82) is 0 Å². The fourth-order valence-electron chi connectivity index (χ4n) is 1.21. The predicted octanol–water partition coefficient (Wildman–Crippen LogP) is 0.602. The lowest BCUT2D eigenvalue weighted by molar-refractivity contribution is 0.508. The minimum atomic E-state index is 0.240. The summed E-state index contributed by atoms with van der Waals surface area (Å²) in [6.07, 6.45) is 0. The van der Waals surface area contributed by atoms with Crippen LogP contribution in [0.5, 0.6) is 0 Å². The van der Waals surface area contributed by atoms with Gasteiger partial charge in [-0.05, 0) is 19.9 Å². The molecule has 0 amide bonds. The first kappa shape index (κ1) is 9.72. The topological polar surface area (TPSA) is 90.7 Å². The molecule has 0 saturated carbocycles. The molecule has 0 aliphatic rings. The Hall–Kier alpha value is -1.82. The van der Waals surface area contributed by atoms with Gasteiger partial charge in [-0.15, -0.1) is 10.2 Å². The van der Waals surface area contributed by atoms with Gasteiger partial charge in [0, 0.05) is 0 Å². The normalized spacial score (nSPS) is 10.6. The van der Waals surface area contributed by atoms with Gasteiger partial charge in [0.15, 0.2) is 0 Å². The van der Waals surface area contributed by atoms with Crippen LogP contribution in [-0.2, 0) is 6.54 Å². The molecule has 0 aliphatic carbocycles. The van der Waals surface area contributed by atoms with Gasteiger partial charge in [-0.1, -0.05) is 0 Å². The minimum absolute atomic E-state index is 0.240. The van der Waals surface area contributed by atoms with Crippen LogP contribution in [0.4, 0.5) is 0 Å². The summed E-state index contributed by atoms with van der Waals surface area (Å²) in [5, 5.41) is 15.6. The van der Waals surface area contributed by atoms with Crippen molar-refractivity contribution >= 4 is 0 Å². The molecule has 0 spiro atoms. The molecule has 2 rings (SSSR count). The second kappa shape index (κ2) is 3.74. The summed E-state index contributed by atoms with van der Waals surface area (Å²) >= 11 is 0. The lowest BCUT2D eigenvalue weighted by Crippen LogP contribution is -1.95. The van der Waals surface area contributed by atoms with Crippen molar-refractivity contribution in [3.05, 3.63) is 23.3 Å². The first-order valence-corrected chi connectivity index (χ1v) is 4.54. The number of aryl methyl sites for hydroxylation is 2. The van der Waals surface area contributed by atoms with Crippen LogP contribution >= 0.6 is 0 Å². The molecule has 0 unspecified atom stereocenters. The maximum absolute atomic E-state index is 5.38. The highest BCUT2D eigenvalue weighted by Crippen LogP contribution is 2.20. The number of hydrogen-bond acceptors (Lipinski definition) is 6. The largest absolute Gasteiger partial charge is 0.419 e. The lowest BCUT2D eigenvalue weighted by Gasteiger charge is -1.99. The quantitative estimate of drug-likeness (QED) is 0.772. The van der Waals surface area contributed by atoms with Crippen molar-refractivity contribution in [3.8, 4) is 11.5 Å². The Balaban J connectivity index is 2.48. The first-order valence-electron chi connectivity index (χ1n) is 4.54. The average molecular weight is 205 g/mol. The van der Waals surface area contributed by atoms with Gasteiger partial charge in [0.25, 0.3) is 0 Å². The molecule has 6 nitrogen and oxygen atoms in total. The highest BCUT2D eigenvalue weighted by molar-refractivity contribution is 5.55. The molecular formula is C9H11N5O. The zero-order valence-electron chi connectivity index (χ0n) is 8.56. The van der Waals surface area contributed by atoms with E-state index in [1.807, 2.05) is 19.9 Å². The summed E-state index contributed by atoms with van der Waals surface area (Å²) in [6.45, 7) is 3.94. The monoisotopic (exact) mass is 205 g/mol. The molecule has 0 bridgehead atoms. The molecule has 78 valence electrons. The third kappa shape index (κ3) is 1.84. The Morgan fingerprint density at radius 3 is 2.67 bits per heavy atom. The molecule has 0 aromatic carbocycles. The zero-order chi connectivity index (χ0) is 10.8. The van der Waals surface area contributed by atoms with Gasteiger partial charge in [-0.3, -0.25) is 0 Å². The van der Waals surface area contributed by atoms with E-state index in [4.69, 9.17) is 10.2 Å². The van der Waals surface area contributed by atoms with E-state index >= 15 is 0 Å². The van der Waals surface area contributed by atoms with Crippen LogP contribution < -0.4 is 5.73 Å². The van der Waals surface area contributed by atoms with Crippen molar-refractivity contribution in [2.75, 3.05) is 0 Å². The van der Waals surface area contributed by atoms with Crippen LogP contribution in [0.15, 0.2) is 10.5 Å². The Bertz CT molecular complexity index is 479. The van der Waals surface area contributed by atoms with Crippen molar-refractivity contribution < 1.29 is 4.42 Å². The van der Waals surface area contributed by atoms with Crippen molar-refractivity contribution in [2.45, 2.75) is 20.4 Å². The molecule has 15 heavy (non-hydrogen) atoms. The van der Waals surface area contributed by atoms with Crippen LogP contribution in [-0.4, -0.2) is 20.4 Å². The van der Waals surface area contributed by atoms with Crippen LogP contribution in [0.1, 0.15) is 17.3 Å². The number of nitrogens with zero attached hydrogens (tertiary/aromatic N) is 4. The van der Waals surface area contributed by atoms with Gasteiger partial charge in [0.1, 0.15) is 0 Å². The number of hydrogen-bond donors (Lipinski definition) is 1. The van der Waals surface area contributed by atoms with Gasteiger partial charge in [0.05, 0.1) is 23.5 Å². The van der Waals surface area contributed by atoms with Crippen LogP contribution in [0, 0.1) is 13.8 Å².